The van der Waals surface area contributed by atoms with Crippen molar-refractivity contribution < 1.29 is 33.5 Å². The zero-order valence-corrected chi connectivity index (χ0v) is 24.2. The van der Waals surface area contributed by atoms with E-state index in [9.17, 15) is 10.4 Å². The molecule has 41 heavy (non-hydrogen) atoms. The normalized spacial score (nSPS) is 25.9. The molecule has 1 saturated heterocycles. The van der Waals surface area contributed by atoms with Crippen LogP contribution in [0.4, 0.5) is 0 Å². The van der Waals surface area contributed by atoms with E-state index in [1.54, 1.807) is 20.3 Å². The van der Waals surface area contributed by atoms with Gasteiger partial charge in [0.25, 0.3) is 0 Å². The van der Waals surface area contributed by atoms with E-state index >= 15 is 0 Å². The Morgan fingerprint density at radius 3 is 2.56 bits per heavy atom. The van der Waals surface area contributed by atoms with Crippen LogP contribution in [0.15, 0.2) is 18.7 Å². The van der Waals surface area contributed by atoms with E-state index < -0.39 is 12.1 Å². The van der Waals surface area contributed by atoms with Crippen molar-refractivity contribution in [3.63, 3.8) is 0 Å². The number of aliphatic hydroxyl groups excluding tert-OH is 1. The van der Waals surface area contributed by atoms with Crippen LogP contribution in [0.1, 0.15) is 45.5 Å². The van der Waals surface area contributed by atoms with Gasteiger partial charge < -0.3 is 33.5 Å². The highest BCUT2D eigenvalue weighted by atomic mass is 16.7. The predicted octanol–water partition coefficient (Wildman–Crippen LogP) is 3.35. The number of methoxy groups -OCH3 is 2. The average Bonchev–Trinajstić information content (AvgIpc) is 3.46. The lowest BCUT2D eigenvalue weighted by Gasteiger charge is -2.59. The Morgan fingerprint density at radius 1 is 1.10 bits per heavy atom. The highest BCUT2D eigenvalue weighted by Gasteiger charge is 2.56. The van der Waals surface area contributed by atoms with Gasteiger partial charge in [0.15, 0.2) is 29.8 Å². The summed E-state index contributed by atoms with van der Waals surface area (Å²) < 4.78 is 35.6. The third-order valence-corrected chi connectivity index (χ3v) is 9.09. The topological polar surface area (TPSA) is 106 Å². The summed E-state index contributed by atoms with van der Waals surface area (Å²) in [5, 5.41) is 21.6. The molecule has 1 fully saturated rings. The third-order valence-electron chi connectivity index (χ3n) is 9.09. The smallest absolute Gasteiger partial charge is 0.231 e. The van der Waals surface area contributed by atoms with Crippen LogP contribution in [0.2, 0.25) is 0 Å². The maximum Gasteiger partial charge on any atom is 0.231 e. The van der Waals surface area contributed by atoms with Crippen molar-refractivity contribution in [2.24, 2.45) is 0 Å². The molecule has 0 spiro atoms. The molecule has 0 amide bonds. The molecule has 0 radical (unpaired) electrons. The minimum Gasteiger partial charge on any atom is -0.493 e. The molecule has 5 atom stereocenters. The number of nitrogens with zero attached hydrogens (tertiary/aromatic N) is 3. The van der Waals surface area contributed by atoms with Crippen molar-refractivity contribution in [3.05, 3.63) is 52.1 Å². The van der Waals surface area contributed by atoms with E-state index in [0.717, 1.165) is 33.4 Å². The summed E-state index contributed by atoms with van der Waals surface area (Å²) >= 11 is 0. The summed E-state index contributed by atoms with van der Waals surface area (Å²) in [4.78, 5) is 4.50. The zero-order valence-electron chi connectivity index (χ0n) is 24.2. The number of hydrogen-bond donors (Lipinski definition) is 1. The second-order valence-electron chi connectivity index (χ2n) is 11.1. The van der Waals surface area contributed by atoms with Crippen LogP contribution in [0.3, 0.4) is 0 Å². The molecule has 0 saturated carbocycles. The number of fused-ring (bicyclic) bond motifs is 9. The van der Waals surface area contributed by atoms with E-state index in [4.69, 9.17) is 28.4 Å². The molecular formula is C31H37N3O7. The van der Waals surface area contributed by atoms with Crippen LogP contribution in [-0.2, 0) is 17.6 Å². The average molecular weight is 564 g/mol. The van der Waals surface area contributed by atoms with Crippen LogP contribution in [0.25, 0.3) is 0 Å². The second-order valence-corrected chi connectivity index (χ2v) is 11.1. The van der Waals surface area contributed by atoms with Crippen LogP contribution in [0, 0.1) is 25.2 Å². The van der Waals surface area contributed by atoms with E-state index in [1.165, 1.54) is 0 Å². The first-order valence-corrected chi connectivity index (χ1v) is 13.9. The molecule has 1 unspecified atom stereocenters. The molecular weight excluding hydrogens is 526 g/mol. The van der Waals surface area contributed by atoms with Gasteiger partial charge in [-0.15, -0.1) is 0 Å². The van der Waals surface area contributed by atoms with Crippen molar-refractivity contribution >= 4 is 0 Å². The number of benzene rings is 2. The molecule has 2 aromatic carbocycles. The molecule has 2 bridgehead atoms. The van der Waals surface area contributed by atoms with Gasteiger partial charge in [-0.2, -0.15) is 5.26 Å². The number of piperazine rings is 1. The Labute approximate surface area is 240 Å². The van der Waals surface area contributed by atoms with Gasteiger partial charge in [0.1, 0.15) is 18.4 Å². The second kappa shape index (κ2) is 10.7. The number of aliphatic hydroxyl groups is 1. The maximum atomic E-state index is 11.0. The Bertz CT molecular complexity index is 1420. The van der Waals surface area contributed by atoms with Crippen molar-refractivity contribution in [3.8, 4) is 34.8 Å². The fourth-order valence-corrected chi connectivity index (χ4v) is 7.58. The molecule has 10 heteroatoms. The standard InChI is InChI=1S/C31H37N3O7/c1-7-8-38-28-17(3)29-31(41-15-40-29)25-19(28)11-21-26-24-18(9-16(2)27(37-6)30(24)39-14-36-5)10-20(33(26)4)22(12-32)34(21)23(25)13-35/h7,9,20-23,26,35H,1,8,10-11,13-15H2,2-6H3/t20-,21+,22+,23+,26?/m1/s1. The Kier molecular flexibility index (Phi) is 7.24. The summed E-state index contributed by atoms with van der Waals surface area (Å²) in [6.45, 7) is 8.11. The Balaban J connectivity index is 1.60. The molecule has 4 aliphatic rings. The fraction of sp³-hybridized carbons (Fsp3) is 0.516. The highest BCUT2D eigenvalue weighted by molar-refractivity contribution is 5.66. The van der Waals surface area contributed by atoms with Gasteiger partial charge >= 0.3 is 0 Å². The van der Waals surface area contributed by atoms with Crippen LogP contribution < -0.4 is 23.7 Å². The van der Waals surface area contributed by atoms with Gasteiger partial charge in [-0.3, -0.25) is 9.80 Å². The van der Waals surface area contributed by atoms with E-state index in [-0.39, 0.29) is 38.3 Å². The molecule has 1 N–H and O–H groups in total. The number of likely N-dealkylation sites (N-methyl/N-ethyl adjacent to an activating group) is 1. The minimum atomic E-state index is -0.494. The van der Waals surface area contributed by atoms with Crippen molar-refractivity contribution in [2.75, 3.05) is 48.1 Å². The van der Waals surface area contributed by atoms with Gasteiger partial charge in [-0.25, -0.2) is 0 Å². The summed E-state index contributed by atoms with van der Waals surface area (Å²) in [7, 11) is 5.32. The molecule has 0 aromatic heterocycles. The van der Waals surface area contributed by atoms with Crippen molar-refractivity contribution in [2.45, 2.75) is 56.9 Å². The quantitative estimate of drug-likeness (QED) is 0.380. The van der Waals surface area contributed by atoms with Gasteiger partial charge in [0.05, 0.1) is 31.9 Å². The lowest BCUT2D eigenvalue weighted by molar-refractivity contribution is -0.0832. The van der Waals surface area contributed by atoms with Crippen LogP contribution in [-0.4, -0.2) is 81.1 Å². The first-order chi connectivity index (χ1) is 19.9. The lowest BCUT2D eigenvalue weighted by Crippen LogP contribution is -2.68. The monoisotopic (exact) mass is 563 g/mol. The fourth-order valence-electron chi connectivity index (χ4n) is 7.58. The third kappa shape index (κ3) is 3.98. The predicted molar refractivity (Wildman–Crippen MR) is 150 cm³/mol. The lowest BCUT2D eigenvalue weighted by atomic mass is 9.71. The van der Waals surface area contributed by atoms with Crippen molar-refractivity contribution in [1.29, 1.82) is 5.26 Å². The molecule has 2 aromatic rings. The molecule has 10 nitrogen and oxygen atoms in total. The van der Waals surface area contributed by atoms with E-state index in [1.807, 2.05) is 13.8 Å². The summed E-state index contributed by atoms with van der Waals surface area (Å²) in [6, 6.07) is 3.36. The summed E-state index contributed by atoms with van der Waals surface area (Å²) in [6.07, 6.45) is 2.93. The van der Waals surface area contributed by atoms with E-state index in [0.29, 0.717) is 48.2 Å². The molecule has 4 heterocycles. The largest absolute Gasteiger partial charge is 0.493 e. The maximum absolute atomic E-state index is 11.0. The number of rotatable bonds is 8. The molecule has 6 rings (SSSR count). The molecule has 218 valence electrons. The first kappa shape index (κ1) is 27.7. The van der Waals surface area contributed by atoms with Gasteiger partial charge in [0, 0.05) is 41.4 Å². The first-order valence-electron chi connectivity index (χ1n) is 13.9. The SMILES string of the molecule is C=CCOc1c(C)c2c(c3c1C[C@H]1C4c5c(cc(C)c(OC)c5OCOC)C[C@H]([C@H](C#N)N1[C@H]3CO)N4C)OCO2. The van der Waals surface area contributed by atoms with Gasteiger partial charge in [-0.1, -0.05) is 18.7 Å². The van der Waals surface area contributed by atoms with Crippen LogP contribution >= 0.6 is 0 Å². The number of hydrogen-bond acceptors (Lipinski definition) is 10. The Morgan fingerprint density at radius 2 is 1.88 bits per heavy atom. The number of ether oxygens (including phenoxy) is 6. The molecule has 0 aliphatic carbocycles. The molecule has 4 aliphatic heterocycles. The van der Waals surface area contributed by atoms with Crippen molar-refractivity contribution in [1.82, 2.24) is 9.80 Å². The van der Waals surface area contributed by atoms with Gasteiger partial charge in [-0.05, 0) is 44.9 Å². The zero-order chi connectivity index (χ0) is 29.0. The Hall–Kier alpha value is -3.49. The highest BCUT2D eigenvalue weighted by Crippen LogP contribution is 2.58. The minimum absolute atomic E-state index is 0.0750. The number of aryl methyl sites for hydroxylation is 1. The van der Waals surface area contributed by atoms with E-state index in [2.05, 4.69) is 35.6 Å². The number of nitriles is 1. The van der Waals surface area contributed by atoms with Crippen LogP contribution in [0.5, 0.6) is 28.7 Å². The van der Waals surface area contributed by atoms with Gasteiger partial charge in [0.2, 0.25) is 6.79 Å². The summed E-state index contributed by atoms with van der Waals surface area (Å²) in [5.74, 6) is 3.30. The summed E-state index contributed by atoms with van der Waals surface area (Å²) in [5.41, 5.74) is 5.78.